The Bertz CT molecular complexity index is 694. The smallest absolute Gasteiger partial charge is 0.272 e. The van der Waals surface area contributed by atoms with E-state index in [1.807, 2.05) is 0 Å². The van der Waals surface area contributed by atoms with Crippen LogP contribution in [0, 0.1) is 5.82 Å². The Kier molecular flexibility index (Phi) is 4.45. The lowest BCUT2D eigenvalue weighted by Gasteiger charge is -1.99. The molecule has 1 aromatic carbocycles. The summed E-state index contributed by atoms with van der Waals surface area (Å²) in [6.45, 7) is 0. The fourth-order valence-corrected chi connectivity index (χ4v) is 1.67. The predicted molar refractivity (Wildman–Crippen MR) is 73.6 cm³/mol. The van der Waals surface area contributed by atoms with Crippen molar-refractivity contribution >= 4 is 18.0 Å². The van der Waals surface area contributed by atoms with Gasteiger partial charge >= 0.3 is 0 Å². The highest BCUT2D eigenvalue weighted by Gasteiger charge is 2.16. The zero-order valence-electron chi connectivity index (χ0n) is 11.1. The molecule has 2 rings (SSSR count). The summed E-state index contributed by atoms with van der Waals surface area (Å²) in [6.07, 6.45) is 2.42. The van der Waals surface area contributed by atoms with Crippen molar-refractivity contribution in [1.29, 1.82) is 0 Å². The zero-order valence-corrected chi connectivity index (χ0v) is 11.1. The van der Waals surface area contributed by atoms with E-state index in [0.717, 1.165) is 6.34 Å². The van der Waals surface area contributed by atoms with Gasteiger partial charge in [-0.05, 0) is 18.2 Å². The van der Waals surface area contributed by atoms with Crippen LogP contribution in [-0.2, 0) is 4.84 Å². The van der Waals surface area contributed by atoms with Crippen LogP contribution in [0.5, 0.6) is 0 Å². The lowest BCUT2D eigenvalue weighted by Crippen LogP contribution is -2.21. The minimum Gasteiger partial charge on any atom is -0.398 e. The van der Waals surface area contributed by atoms with E-state index in [1.54, 1.807) is 6.07 Å². The third-order valence-corrected chi connectivity index (χ3v) is 2.66. The predicted octanol–water partition coefficient (Wildman–Crippen LogP) is 1.70. The van der Waals surface area contributed by atoms with E-state index < -0.39 is 17.5 Å². The SMILES string of the molecule is CO/N=C\NC(=O)c1cc(C(=O)c2ccccc2F)c[nH]1. The van der Waals surface area contributed by atoms with Crippen LogP contribution < -0.4 is 5.32 Å². The largest absolute Gasteiger partial charge is 0.398 e. The van der Waals surface area contributed by atoms with Crippen molar-refractivity contribution in [3.05, 3.63) is 59.2 Å². The molecule has 1 heterocycles. The quantitative estimate of drug-likeness (QED) is 0.380. The van der Waals surface area contributed by atoms with Crippen molar-refractivity contribution in [3.8, 4) is 0 Å². The van der Waals surface area contributed by atoms with Crippen LogP contribution in [0.15, 0.2) is 41.7 Å². The molecule has 0 spiro atoms. The maximum atomic E-state index is 13.6. The number of benzene rings is 1. The summed E-state index contributed by atoms with van der Waals surface area (Å²) in [6, 6.07) is 6.99. The Labute approximate surface area is 119 Å². The Morgan fingerprint density at radius 1 is 1.38 bits per heavy atom. The van der Waals surface area contributed by atoms with Crippen molar-refractivity contribution in [1.82, 2.24) is 10.3 Å². The van der Waals surface area contributed by atoms with E-state index in [0.29, 0.717) is 0 Å². The van der Waals surface area contributed by atoms with Gasteiger partial charge in [0.2, 0.25) is 0 Å². The fraction of sp³-hybridized carbons (Fsp3) is 0.0714. The number of amides is 1. The molecule has 0 atom stereocenters. The van der Waals surface area contributed by atoms with Crippen LogP contribution in [0.1, 0.15) is 26.4 Å². The minimum absolute atomic E-state index is 0.0515. The number of oxime groups is 1. The minimum atomic E-state index is -0.609. The normalized spacial score (nSPS) is 10.6. The standard InChI is InChI=1S/C14H12FN3O3/c1-21-18-8-17-14(20)12-6-9(7-16-12)13(19)10-4-2-3-5-11(10)15/h2-8,16H,1H3,(H,17,18,20). The summed E-state index contributed by atoms with van der Waals surface area (Å²) in [5.74, 6) is -1.61. The van der Waals surface area contributed by atoms with Gasteiger partial charge in [-0.25, -0.2) is 4.39 Å². The molecule has 0 bridgehead atoms. The highest BCUT2D eigenvalue weighted by atomic mass is 19.1. The molecule has 7 heteroatoms. The second-order valence-electron chi connectivity index (χ2n) is 4.00. The van der Waals surface area contributed by atoms with Crippen LogP contribution in [-0.4, -0.2) is 30.1 Å². The van der Waals surface area contributed by atoms with Gasteiger partial charge in [0.05, 0.1) is 5.56 Å². The Morgan fingerprint density at radius 3 is 2.86 bits per heavy atom. The van der Waals surface area contributed by atoms with Crippen molar-refractivity contribution < 1.29 is 18.8 Å². The molecule has 6 nitrogen and oxygen atoms in total. The van der Waals surface area contributed by atoms with Crippen LogP contribution in [0.2, 0.25) is 0 Å². The van der Waals surface area contributed by atoms with Gasteiger partial charge in [0.25, 0.3) is 5.91 Å². The molecule has 21 heavy (non-hydrogen) atoms. The van der Waals surface area contributed by atoms with E-state index in [4.69, 9.17) is 0 Å². The number of aromatic nitrogens is 1. The molecular weight excluding hydrogens is 277 g/mol. The van der Waals surface area contributed by atoms with Crippen molar-refractivity contribution in [3.63, 3.8) is 0 Å². The van der Waals surface area contributed by atoms with Crippen molar-refractivity contribution in [2.45, 2.75) is 0 Å². The van der Waals surface area contributed by atoms with Gasteiger partial charge in [-0.1, -0.05) is 17.3 Å². The fourth-order valence-electron chi connectivity index (χ4n) is 1.67. The molecule has 1 aromatic heterocycles. The molecule has 0 aliphatic rings. The molecule has 0 radical (unpaired) electrons. The highest BCUT2D eigenvalue weighted by molar-refractivity contribution is 6.10. The first-order valence-corrected chi connectivity index (χ1v) is 5.97. The molecule has 2 aromatic rings. The van der Waals surface area contributed by atoms with E-state index in [9.17, 15) is 14.0 Å². The van der Waals surface area contributed by atoms with E-state index in [2.05, 4.69) is 20.3 Å². The number of nitrogens with one attached hydrogen (secondary N) is 2. The molecule has 0 unspecified atom stereocenters. The van der Waals surface area contributed by atoms with Gasteiger partial charge < -0.3 is 15.1 Å². The summed E-state index contributed by atoms with van der Waals surface area (Å²) >= 11 is 0. The molecule has 0 fully saturated rings. The molecular formula is C14H12FN3O3. The number of carbonyl (C=O) groups excluding carboxylic acids is 2. The number of nitrogens with zero attached hydrogens (tertiary/aromatic N) is 1. The molecule has 2 N–H and O–H groups in total. The molecule has 0 saturated carbocycles. The summed E-state index contributed by atoms with van der Waals surface area (Å²) in [4.78, 5) is 30.8. The average Bonchev–Trinajstić information content (AvgIpc) is 2.97. The van der Waals surface area contributed by atoms with Crippen LogP contribution in [0.4, 0.5) is 4.39 Å². The molecule has 0 saturated heterocycles. The van der Waals surface area contributed by atoms with Gasteiger partial charge in [-0.2, -0.15) is 0 Å². The number of hydrogen-bond acceptors (Lipinski definition) is 4. The van der Waals surface area contributed by atoms with E-state index >= 15 is 0 Å². The van der Waals surface area contributed by atoms with Gasteiger partial charge in [0, 0.05) is 11.8 Å². The first-order chi connectivity index (χ1) is 10.1. The summed E-state index contributed by atoms with van der Waals surface area (Å²) in [5, 5.41) is 5.68. The van der Waals surface area contributed by atoms with E-state index in [1.165, 1.54) is 37.6 Å². The molecule has 0 aliphatic carbocycles. The topological polar surface area (TPSA) is 83.5 Å². The average molecular weight is 289 g/mol. The van der Waals surface area contributed by atoms with Crippen LogP contribution in [0.3, 0.4) is 0 Å². The summed E-state index contributed by atoms with van der Waals surface area (Å²) < 4.78 is 13.6. The van der Waals surface area contributed by atoms with Gasteiger partial charge in [-0.3, -0.25) is 9.59 Å². The lowest BCUT2D eigenvalue weighted by atomic mass is 10.1. The third kappa shape index (κ3) is 3.33. The Morgan fingerprint density at radius 2 is 2.14 bits per heavy atom. The third-order valence-electron chi connectivity index (χ3n) is 2.66. The van der Waals surface area contributed by atoms with Crippen LogP contribution >= 0.6 is 0 Å². The van der Waals surface area contributed by atoms with Crippen LogP contribution in [0.25, 0.3) is 0 Å². The van der Waals surface area contributed by atoms with Gasteiger partial charge in [0.1, 0.15) is 25.0 Å². The molecule has 108 valence electrons. The summed E-state index contributed by atoms with van der Waals surface area (Å²) in [7, 11) is 1.34. The number of carbonyl (C=O) groups is 2. The number of aromatic amines is 1. The number of hydrogen-bond donors (Lipinski definition) is 2. The maximum Gasteiger partial charge on any atom is 0.272 e. The first-order valence-electron chi connectivity index (χ1n) is 5.97. The molecule has 0 aliphatic heterocycles. The van der Waals surface area contributed by atoms with Crippen molar-refractivity contribution in [2.75, 3.05) is 7.11 Å². The second-order valence-corrected chi connectivity index (χ2v) is 4.00. The van der Waals surface area contributed by atoms with E-state index in [-0.39, 0.29) is 16.8 Å². The number of H-pyrrole nitrogens is 1. The first kappa shape index (κ1) is 14.4. The summed E-state index contributed by atoms with van der Waals surface area (Å²) in [5.41, 5.74) is 0.288. The number of halogens is 1. The zero-order chi connectivity index (χ0) is 15.2. The van der Waals surface area contributed by atoms with Crippen molar-refractivity contribution in [2.24, 2.45) is 5.16 Å². The van der Waals surface area contributed by atoms with Gasteiger partial charge in [-0.15, -0.1) is 0 Å². The number of ketones is 1. The monoisotopic (exact) mass is 289 g/mol. The second kappa shape index (κ2) is 6.47. The Balaban J connectivity index is 2.16. The maximum absolute atomic E-state index is 13.6. The Hall–Kier alpha value is -2.96. The lowest BCUT2D eigenvalue weighted by molar-refractivity contribution is 0.0972. The highest BCUT2D eigenvalue weighted by Crippen LogP contribution is 2.14. The molecule has 1 amide bonds. The number of rotatable bonds is 5. The van der Waals surface area contributed by atoms with Gasteiger partial charge in [0.15, 0.2) is 5.78 Å².